The summed E-state index contributed by atoms with van der Waals surface area (Å²) in [5.74, 6) is 0.964. The molecular formula is C14H15ClN4. The van der Waals surface area contributed by atoms with Crippen molar-refractivity contribution in [2.75, 3.05) is 31.1 Å². The molecule has 0 aromatic carbocycles. The van der Waals surface area contributed by atoms with Gasteiger partial charge in [-0.1, -0.05) is 17.7 Å². The molecule has 19 heavy (non-hydrogen) atoms. The molecule has 3 rings (SSSR count). The van der Waals surface area contributed by atoms with Crippen LogP contribution >= 0.6 is 11.6 Å². The molecule has 3 heterocycles. The van der Waals surface area contributed by atoms with Crippen molar-refractivity contribution < 1.29 is 0 Å². The van der Waals surface area contributed by atoms with Crippen molar-refractivity contribution in [2.45, 2.75) is 0 Å². The molecule has 4 nitrogen and oxygen atoms in total. The van der Waals surface area contributed by atoms with Crippen LogP contribution in [0.4, 0.5) is 5.82 Å². The van der Waals surface area contributed by atoms with Crippen LogP contribution in [-0.4, -0.2) is 36.1 Å². The number of pyridine rings is 2. The number of rotatable bonds is 2. The standard InChI is InChI=1S/C14H15ClN4/c15-11-4-5-13(19-9-7-16-8-10-19)18-14(11)12-3-1-2-6-17-12/h1-6,16H,7-10H2. The van der Waals surface area contributed by atoms with Crippen LogP contribution in [0.5, 0.6) is 0 Å². The molecule has 0 aliphatic carbocycles. The van der Waals surface area contributed by atoms with Gasteiger partial charge in [-0.15, -0.1) is 0 Å². The topological polar surface area (TPSA) is 41.0 Å². The minimum absolute atomic E-state index is 0.637. The molecule has 1 aliphatic rings. The van der Waals surface area contributed by atoms with Gasteiger partial charge in [-0.05, 0) is 24.3 Å². The molecule has 1 aliphatic heterocycles. The van der Waals surface area contributed by atoms with E-state index in [0.29, 0.717) is 5.02 Å². The molecule has 5 heteroatoms. The van der Waals surface area contributed by atoms with Crippen LogP contribution in [-0.2, 0) is 0 Å². The zero-order valence-electron chi connectivity index (χ0n) is 10.5. The predicted octanol–water partition coefficient (Wildman–Crippen LogP) is 2.21. The molecular weight excluding hydrogens is 260 g/mol. The van der Waals surface area contributed by atoms with E-state index in [1.165, 1.54) is 0 Å². The van der Waals surface area contributed by atoms with Gasteiger partial charge in [0.05, 0.1) is 10.7 Å². The fraction of sp³-hybridized carbons (Fsp3) is 0.286. The number of anilines is 1. The Hall–Kier alpha value is -1.65. The summed E-state index contributed by atoms with van der Waals surface area (Å²) in [7, 11) is 0. The highest BCUT2D eigenvalue weighted by atomic mass is 35.5. The maximum absolute atomic E-state index is 6.24. The molecule has 98 valence electrons. The summed E-state index contributed by atoms with van der Waals surface area (Å²) in [6, 6.07) is 9.63. The van der Waals surface area contributed by atoms with Gasteiger partial charge >= 0.3 is 0 Å². The minimum Gasteiger partial charge on any atom is -0.354 e. The van der Waals surface area contributed by atoms with Crippen LogP contribution in [0.1, 0.15) is 0 Å². The van der Waals surface area contributed by atoms with E-state index in [9.17, 15) is 0 Å². The fourth-order valence-corrected chi connectivity index (χ4v) is 2.39. The maximum Gasteiger partial charge on any atom is 0.129 e. The van der Waals surface area contributed by atoms with Crippen LogP contribution in [0, 0.1) is 0 Å². The molecule has 2 aromatic heterocycles. The number of piperazine rings is 1. The van der Waals surface area contributed by atoms with Crippen molar-refractivity contribution in [3.63, 3.8) is 0 Å². The first-order valence-electron chi connectivity index (χ1n) is 6.38. The molecule has 0 amide bonds. The second kappa shape index (κ2) is 5.55. The molecule has 0 atom stereocenters. The summed E-state index contributed by atoms with van der Waals surface area (Å²) in [6.45, 7) is 3.92. The number of hydrogen-bond donors (Lipinski definition) is 1. The first kappa shape index (κ1) is 12.4. The van der Waals surface area contributed by atoms with Crippen LogP contribution in [0.3, 0.4) is 0 Å². The highest BCUT2D eigenvalue weighted by molar-refractivity contribution is 6.33. The molecule has 0 unspecified atom stereocenters. The van der Waals surface area contributed by atoms with Gasteiger partial charge in [-0.25, -0.2) is 4.98 Å². The number of nitrogens with zero attached hydrogens (tertiary/aromatic N) is 3. The van der Waals surface area contributed by atoms with E-state index >= 15 is 0 Å². The fourth-order valence-electron chi connectivity index (χ4n) is 2.18. The molecule has 0 saturated carbocycles. The van der Waals surface area contributed by atoms with Gasteiger partial charge in [-0.2, -0.15) is 0 Å². The Balaban J connectivity index is 1.96. The van der Waals surface area contributed by atoms with E-state index in [4.69, 9.17) is 11.6 Å². The Morgan fingerprint density at radius 2 is 1.95 bits per heavy atom. The summed E-state index contributed by atoms with van der Waals surface area (Å²) < 4.78 is 0. The first-order chi connectivity index (χ1) is 9.34. The lowest BCUT2D eigenvalue weighted by Crippen LogP contribution is -2.43. The predicted molar refractivity (Wildman–Crippen MR) is 77.6 cm³/mol. The SMILES string of the molecule is Clc1ccc(N2CCNCC2)nc1-c1ccccn1. The third kappa shape index (κ3) is 2.69. The number of hydrogen-bond acceptors (Lipinski definition) is 4. The third-order valence-electron chi connectivity index (χ3n) is 3.18. The van der Waals surface area contributed by atoms with Crippen LogP contribution < -0.4 is 10.2 Å². The summed E-state index contributed by atoms with van der Waals surface area (Å²) in [5.41, 5.74) is 1.56. The minimum atomic E-state index is 0.637. The van der Waals surface area contributed by atoms with Gasteiger partial charge in [0.2, 0.25) is 0 Å². The zero-order valence-corrected chi connectivity index (χ0v) is 11.3. The third-order valence-corrected chi connectivity index (χ3v) is 3.48. The molecule has 0 bridgehead atoms. The Bertz CT molecular complexity index is 553. The van der Waals surface area contributed by atoms with Crippen molar-refractivity contribution in [3.05, 3.63) is 41.6 Å². The Morgan fingerprint density at radius 3 is 2.68 bits per heavy atom. The highest BCUT2D eigenvalue weighted by Gasteiger charge is 2.14. The van der Waals surface area contributed by atoms with Gasteiger partial charge in [0.25, 0.3) is 0 Å². The second-order valence-electron chi connectivity index (χ2n) is 4.45. The molecule has 1 fully saturated rings. The normalized spacial score (nSPS) is 15.5. The molecule has 0 radical (unpaired) electrons. The highest BCUT2D eigenvalue weighted by Crippen LogP contribution is 2.27. The largest absolute Gasteiger partial charge is 0.354 e. The monoisotopic (exact) mass is 274 g/mol. The lowest BCUT2D eigenvalue weighted by atomic mass is 10.2. The van der Waals surface area contributed by atoms with Crippen molar-refractivity contribution in [1.82, 2.24) is 15.3 Å². The van der Waals surface area contributed by atoms with E-state index in [2.05, 4.69) is 20.2 Å². The number of aromatic nitrogens is 2. The van der Waals surface area contributed by atoms with Gasteiger partial charge < -0.3 is 10.2 Å². The van der Waals surface area contributed by atoms with Crippen molar-refractivity contribution in [3.8, 4) is 11.4 Å². The van der Waals surface area contributed by atoms with E-state index in [1.54, 1.807) is 6.20 Å². The summed E-state index contributed by atoms with van der Waals surface area (Å²) in [4.78, 5) is 11.3. The van der Waals surface area contributed by atoms with Gasteiger partial charge in [0.15, 0.2) is 0 Å². The van der Waals surface area contributed by atoms with Crippen LogP contribution in [0.2, 0.25) is 5.02 Å². The van der Waals surface area contributed by atoms with Crippen molar-refractivity contribution >= 4 is 17.4 Å². The summed E-state index contributed by atoms with van der Waals surface area (Å²) >= 11 is 6.24. The van der Waals surface area contributed by atoms with E-state index in [1.807, 2.05) is 30.3 Å². The smallest absolute Gasteiger partial charge is 0.129 e. The lowest BCUT2D eigenvalue weighted by Gasteiger charge is -2.28. The van der Waals surface area contributed by atoms with Crippen LogP contribution in [0.15, 0.2) is 36.5 Å². The molecule has 0 spiro atoms. The second-order valence-corrected chi connectivity index (χ2v) is 4.86. The average molecular weight is 275 g/mol. The number of halogens is 1. The van der Waals surface area contributed by atoms with Gasteiger partial charge in [0, 0.05) is 32.4 Å². The van der Waals surface area contributed by atoms with E-state index < -0.39 is 0 Å². The lowest BCUT2D eigenvalue weighted by molar-refractivity contribution is 0.585. The Morgan fingerprint density at radius 1 is 1.11 bits per heavy atom. The van der Waals surface area contributed by atoms with Crippen molar-refractivity contribution in [2.24, 2.45) is 0 Å². The summed E-state index contributed by atoms with van der Waals surface area (Å²) in [6.07, 6.45) is 1.75. The average Bonchev–Trinajstić information content (AvgIpc) is 2.49. The van der Waals surface area contributed by atoms with Gasteiger partial charge in [-0.3, -0.25) is 4.98 Å². The Labute approximate surface area is 117 Å². The van der Waals surface area contributed by atoms with Crippen molar-refractivity contribution in [1.29, 1.82) is 0 Å². The summed E-state index contributed by atoms with van der Waals surface area (Å²) in [5, 5.41) is 3.97. The van der Waals surface area contributed by atoms with Crippen LogP contribution in [0.25, 0.3) is 11.4 Å². The van der Waals surface area contributed by atoms with Gasteiger partial charge in [0.1, 0.15) is 11.5 Å². The zero-order chi connectivity index (χ0) is 13.1. The van der Waals surface area contributed by atoms with E-state index in [-0.39, 0.29) is 0 Å². The first-order valence-corrected chi connectivity index (χ1v) is 6.76. The molecule has 2 aromatic rings. The molecule has 1 N–H and O–H groups in total. The number of nitrogens with one attached hydrogen (secondary N) is 1. The Kier molecular flexibility index (Phi) is 3.62. The maximum atomic E-state index is 6.24. The molecule has 1 saturated heterocycles. The quantitative estimate of drug-likeness (QED) is 0.912. The van der Waals surface area contributed by atoms with E-state index in [0.717, 1.165) is 43.4 Å².